The van der Waals surface area contributed by atoms with E-state index in [4.69, 9.17) is 0 Å². The SMILES string of the molecule is C=N/C=C(\C=C(/C)NC(C)C)c1cnc2n[nH]c(-c3cc4c(-c5cccnc5)cncc4[nH]3)c2c1. The highest BCUT2D eigenvalue weighted by atomic mass is 15.2. The smallest absolute Gasteiger partial charge is 0.181 e. The van der Waals surface area contributed by atoms with Gasteiger partial charge < -0.3 is 10.3 Å². The highest BCUT2D eigenvalue weighted by Gasteiger charge is 2.15. The van der Waals surface area contributed by atoms with Crippen LogP contribution in [0.3, 0.4) is 0 Å². The number of allylic oxidation sites excluding steroid dienone is 3. The van der Waals surface area contributed by atoms with Crippen molar-refractivity contribution in [3.05, 3.63) is 78.8 Å². The minimum Gasteiger partial charge on any atom is -0.386 e. The molecular weight excluding hydrogens is 436 g/mol. The summed E-state index contributed by atoms with van der Waals surface area (Å²) < 4.78 is 0. The molecule has 0 unspecified atom stereocenters. The third kappa shape index (κ3) is 4.46. The zero-order chi connectivity index (χ0) is 24.4. The van der Waals surface area contributed by atoms with E-state index in [-0.39, 0.29) is 0 Å². The maximum Gasteiger partial charge on any atom is 0.181 e. The molecule has 0 amide bonds. The Morgan fingerprint density at radius 3 is 2.77 bits per heavy atom. The van der Waals surface area contributed by atoms with Gasteiger partial charge >= 0.3 is 0 Å². The maximum atomic E-state index is 4.59. The lowest BCUT2D eigenvalue weighted by Crippen LogP contribution is -2.20. The lowest BCUT2D eigenvalue weighted by Gasteiger charge is -2.11. The normalized spacial score (nSPS) is 12.6. The highest BCUT2D eigenvalue weighted by Crippen LogP contribution is 2.33. The quantitative estimate of drug-likeness (QED) is 0.218. The fourth-order valence-corrected chi connectivity index (χ4v) is 4.22. The number of pyridine rings is 3. The van der Waals surface area contributed by atoms with Crippen LogP contribution in [0, 0.1) is 0 Å². The van der Waals surface area contributed by atoms with E-state index in [1.807, 2.05) is 43.7 Å². The Morgan fingerprint density at radius 2 is 2.00 bits per heavy atom. The molecular formula is C27H26N8. The summed E-state index contributed by atoms with van der Waals surface area (Å²) in [5.74, 6) is 0. The molecule has 0 aliphatic rings. The first-order valence-corrected chi connectivity index (χ1v) is 11.4. The second-order valence-corrected chi connectivity index (χ2v) is 8.66. The molecule has 0 spiro atoms. The zero-order valence-corrected chi connectivity index (χ0v) is 19.9. The summed E-state index contributed by atoms with van der Waals surface area (Å²) >= 11 is 0. The van der Waals surface area contributed by atoms with Crippen LogP contribution in [0.5, 0.6) is 0 Å². The van der Waals surface area contributed by atoms with Gasteiger partial charge in [0.25, 0.3) is 0 Å². The summed E-state index contributed by atoms with van der Waals surface area (Å²) in [4.78, 5) is 20.7. The van der Waals surface area contributed by atoms with Crippen LogP contribution in [0.2, 0.25) is 0 Å². The molecule has 5 rings (SSSR count). The van der Waals surface area contributed by atoms with Crippen molar-refractivity contribution in [2.24, 2.45) is 4.99 Å². The minimum atomic E-state index is 0.332. The predicted molar refractivity (Wildman–Crippen MR) is 142 cm³/mol. The lowest BCUT2D eigenvalue weighted by molar-refractivity contribution is 0.670. The van der Waals surface area contributed by atoms with Gasteiger partial charge in [-0.1, -0.05) is 6.07 Å². The van der Waals surface area contributed by atoms with Gasteiger partial charge in [0.1, 0.15) is 0 Å². The van der Waals surface area contributed by atoms with E-state index in [0.717, 1.165) is 55.6 Å². The molecule has 174 valence electrons. The predicted octanol–water partition coefficient (Wildman–Crippen LogP) is 5.51. The first-order valence-electron chi connectivity index (χ1n) is 11.4. The number of rotatable bonds is 7. The van der Waals surface area contributed by atoms with Crippen LogP contribution >= 0.6 is 0 Å². The van der Waals surface area contributed by atoms with Crippen LogP contribution in [-0.2, 0) is 0 Å². The van der Waals surface area contributed by atoms with E-state index in [0.29, 0.717) is 11.7 Å². The van der Waals surface area contributed by atoms with Gasteiger partial charge in [-0.3, -0.25) is 20.1 Å². The number of hydrogen-bond acceptors (Lipinski definition) is 6. The van der Waals surface area contributed by atoms with Crippen molar-refractivity contribution in [1.82, 2.24) is 35.5 Å². The van der Waals surface area contributed by atoms with Crippen LogP contribution in [0.4, 0.5) is 0 Å². The summed E-state index contributed by atoms with van der Waals surface area (Å²) in [5, 5.41) is 13.0. The Labute approximate surface area is 203 Å². The van der Waals surface area contributed by atoms with Gasteiger partial charge in [0.05, 0.1) is 23.1 Å². The van der Waals surface area contributed by atoms with Gasteiger partial charge in [0.15, 0.2) is 5.65 Å². The molecule has 8 heteroatoms. The molecule has 0 saturated carbocycles. The molecule has 0 fully saturated rings. The Kier molecular flexibility index (Phi) is 5.93. The maximum absolute atomic E-state index is 4.59. The van der Waals surface area contributed by atoms with E-state index >= 15 is 0 Å². The van der Waals surface area contributed by atoms with Crippen LogP contribution in [0.1, 0.15) is 26.3 Å². The Balaban J connectivity index is 1.60. The van der Waals surface area contributed by atoms with Crippen molar-refractivity contribution in [3.63, 3.8) is 0 Å². The third-order valence-corrected chi connectivity index (χ3v) is 5.65. The van der Waals surface area contributed by atoms with Gasteiger partial charge in [-0.05, 0) is 51.8 Å². The first kappa shape index (κ1) is 22.2. The fourth-order valence-electron chi connectivity index (χ4n) is 4.22. The molecule has 5 aromatic heterocycles. The molecule has 0 bridgehead atoms. The third-order valence-electron chi connectivity index (χ3n) is 5.65. The standard InChI is InChI=1S/C27H26N8/c1-16(2)32-17(3)8-19(11-28-4)20-9-22-26(34-35-27(22)31-13-20)24-10-21-23(14-30-15-25(21)33-24)18-6-5-7-29-12-18/h5-16,32-33H,4H2,1-3H3,(H,31,34,35)/b17-8+,19-11+. The molecule has 5 aromatic rings. The Bertz CT molecular complexity index is 1570. The van der Waals surface area contributed by atoms with Crippen molar-refractivity contribution >= 4 is 34.2 Å². The summed E-state index contributed by atoms with van der Waals surface area (Å²) in [7, 11) is 0. The van der Waals surface area contributed by atoms with E-state index < -0.39 is 0 Å². The molecule has 5 heterocycles. The second-order valence-electron chi connectivity index (χ2n) is 8.66. The monoisotopic (exact) mass is 462 g/mol. The summed E-state index contributed by atoms with van der Waals surface area (Å²) in [6.07, 6.45) is 12.9. The van der Waals surface area contributed by atoms with Gasteiger partial charge in [0, 0.05) is 75.8 Å². The molecule has 35 heavy (non-hydrogen) atoms. The lowest BCUT2D eigenvalue weighted by atomic mass is 10.0. The second kappa shape index (κ2) is 9.34. The number of aromatic amines is 2. The van der Waals surface area contributed by atoms with Crippen LogP contribution in [0.25, 0.3) is 50.0 Å². The molecule has 0 aromatic carbocycles. The van der Waals surface area contributed by atoms with E-state index in [2.05, 4.69) is 73.1 Å². The fraction of sp³-hybridized carbons (Fsp3) is 0.148. The number of nitrogens with one attached hydrogen (secondary N) is 3. The van der Waals surface area contributed by atoms with Crippen LogP contribution < -0.4 is 5.32 Å². The van der Waals surface area contributed by atoms with Crippen molar-refractivity contribution in [3.8, 4) is 22.5 Å². The molecule has 0 radical (unpaired) electrons. The average molecular weight is 463 g/mol. The zero-order valence-electron chi connectivity index (χ0n) is 19.9. The average Bonchev–Trinajstić information content (AvgIpc) is 3.47. The number of aliphatic imine (C=N–C) groups is 1. The number of H-pyrrole nitrogens is 2. The van der Waals surface area contributed by atoms with Crippen LogP contribution in [0.15, 0.2) is 78.2 Å². The van der Waals surface area contributed by atoms with Crippen molar-refractivity contribution in [2.45, 2.75) is 26.8 Å². The van der Waals surface area contributed by atoms with Gasteiger partial charge in [-0.2, -0.15) is 5.10 Å². The topological polar surface area (TPSA) is 108 Å². The molecule has 0 atom stereocenters. The summed E-state index contributed by atoms with van der Waals surface area (Å²) in [6, 6.07) is 8.47. The van der Waals surface area contributed by atoms with E-state index in [9.17, 15) is 0 Å². The molecule has 8 nitrogen and oxygen atoms in total. The first-order chi connectivity index (χ1) is 17.0. The van der Waals surface area contributed by atoms with Gasteiger partial charge in [0.2, 0.25) is 0 Å². The van der Waals surface area contributed by atoms with Gasteiger partial charge in [-0.25, -0.2) is 4.98 Å². The number of aromatic nitrogens is 6. The van der Waals surface area contributed by atoms with E-state index in [1.54, 1.807) is 18.6 Å². The molecule has 0 aliphatic carbocycles. The Hall–Kier alpha value is -4.59. The van der Waals surface area contributed by atoms with Crippen molar-refractivity contribution < 1.29 is 0 Å². The van der Waals surface area contributed by atoms with E-state index in [1.165, 1.54) is 0 Å². The van der Waals surface area contributed by atoms with Crippen molar-refractivity contribution in [1.29, 1.82) is 0 Å². The van der Waals surface area contributed by atoms with Gasteiger partial charge in [-0.15, -0.1) is 0 Å². The van der Waals surface area contributed by atoms with Crippen LogP contribution in [-0.4, -0.2) is 42.9 Å². The minimum absolute atomic E-state index is 0.332. The molecule has 0 aliphatic heterocycles. The highest BCUT2D eigenvalue weighted by molar-refractivity contribution is 6.00. The molecule has 0 saturated heterocycles. The summed E-state index contributed by atoms with van der Waals surface area (Å²) in [5.41, 5.74) is 8.23. The number of nitrogens with zero attached hydrogens (tertiary/aromatic N) is 5. The largest absolute Gasteiger partial charge is 0.386 e. The number of hydrogen-bond donors (Lipinski definition) is 3. The number of fused-ring (bicyclic) bond motifs is 2. The summed E-state index contributed by atoms with van der Waals surface area (Å²) in [6.45, 7) is 9.88. The van der Waals surface area contributed by atoms with Crippen molar-refractivity contribution in [2.75, 3.05) is 0 Å². The Morgan fingerprint density at radius 1 is 1.11 bits per heavy atom. The molecule has 3 N–H and O–H groups in total.